The monoisotopic (exact) mass is 276 g/mol. The molecule has 1 saturated heterocycles. The number of carbonyl (C=O) groups is 1. The number of rotatable bonds is 6. The van der Waals surface area contributed by atoms with Crippen LogP contribution in [0, 0.1) is 11.3 Å². The molecule has 106 valence electrons. The summed E-state index contributed by atoms with van der Waals surface area (Å²) >= 11 is 0. The molecule has 1 heterocycles. The van der Waals surface area contributed by atoms with E-state index in [0.29, 0.717) is 13.2 Å². The second-order valence-electron chi connectivity index (χ2n) is 5.73. The van der Waals surface area contributed by atoms with Gasteiger partial charge in [-0.1, -0.05) is 0 Å². The van der Waals surface area contributed by atoms with E-state index in [-0.39, 0.29) is 23.7 Å². The number of nitrogens with zero attached hydrogens (tertiary/aromatic N) is 1. The Kier molecular flexibility index (Phi) is 5.89. The molecule has 0 aromatic carbocycles. The van der Waals surface area contributed by atoms with Crippen LogP contribution in [0.15, 0.2) is 0 Å². The van der Waals surface area contributed by atoms with Crippen LogP contribution in [-0.2, 0) is 9.53 Å². The number of likely N-dealkylation sites (N-methyl/N-ethyl adjacent to an activating group) is 1. The van der Waals surface area contributed by atoms with E-state index in [9.17, 15) is 4.79 Å². The first-order valence-electron chi connectivity index (χ1n) is 6.66. The number of halogens is 1. The van der Waals surface area contributed by atoms with Crippen molar-refractivity contribution < 1.29 is 9.53 Å². The fourth-order valence-electron chi connectivity index (χ4n) is 2.30. The molecule has 1 aliphatic heterocycles. The summed E-state index contributed by atoms with van der Waals surface area (Å²) in [6, 6.07) is 0. The summed E-state index contributed by atoms with van der Waals surface area (Å²) in [6.45, 7) is 6.06. The Morgan fingerprint density at radius 1 is 1.50 bits per heavy atom. The molecule has 0 spiro atoms. The minimum atomic E-state index is -0.203. The second-order valence-corrected chi connectivity index (χ2v) is 5.73. The highest BCUT2D eigenvalue weighted by molar-refractivity contribution is 5.85. The molecule has 1 saturated carbocycles. The van der Waals surface area contributed by atoms with Gasteiger partial charge in [0.2, 0.25) is 5.91 Å². The molecule has 2 rings (SSSR count). The zero-order chi connectivity index (χ0) is 12.3. The number of ether oxygens (including phenoxy) is 1. The van der Waals surface area contributed by atoms with E-state index < -0.39 is 0 Å². The first kappa shape index (κ1) is 15.7. The van der Waals surface area contributed by atoms with Crippen molar-refractivity contribution in [1.82, 2.24) is 10.2 Å². The van der Waals surface area contributed by atoms with Crippen LogP contribution in [-0.4, -0.2) is 50.7 Å². The van der Waals surface area contributed by atoms with Gasteiger partial charge in [0, 0.05) is 26.7 Å². The molecule has 1 amide bonds. The van der Waals surface area contributed by atoms with Crippen molar-refractivity contribution in [3.05, 3.63) is 0 Å². The first-order chi connectivity index (χ1) is 8.12. The topological polar surface area (TPSA) is 41.6 Å². The van der Waals surface area contributed by atoms with Crippen molar-refractivity contribution in [3.63, 3.8) is 0 Å². The van der Waals surface area contributed by atoms with Gasteiger partial charge in [-0.3, -0.25) is 4.79 Å². The molecule has 0 bridgehead atoms. The quantitative estimate of drug-likeness (QED) is 0.744. The summed E-state index contributed by atoms with van der Waals surface area (Å²) in [4.78, 5) is 14.1. The van der Waals surface area contributed by atoms with Crippen LogP contribution in [0.5, 0.6) is 0 Å². The third-order valence-electron chi connectivity index (χ3n) is 3.85. The molecule has 4 nitrogen and oxygen atoms in total. The van der Waals surface area contributed by atoms with E-state index >= 15 is 0 Å². The highest BCUT2D eigenvalue weighted by Gasteiger charge is 2.38. The average Bonchev–Trinajstić information content (AvgIpc) is 3.04. The summed E-state index contributed by atoms with van der Waals surface area (Å²) in [7, 11) is 1.88. The lowest BCUT2D eigenvalue weighted by molar-refractivity contribution is -0.139. The summed E-state index contributed by atoms with van der Waals surface area (Å²) in [5, 5.41) is 3.26. The molecule has 5 heteroatoms. The zero-order valence-corrected chi connectivity index (χ0v) is 12.2. The summed E-state index contributed by atoms with van der Waals surface area (Å²) in [5.74, 6) is 1.05. The number of carbonyl (C=O) groups excluding carboxylic acids is 1. The minimum Gasteiger partial charge on any atom is -0.379 e. The van der Waals surface area contributed by atoms with Crippen molar-refractivity contribution in [2.45, 2.75) is 26.2 Å². The summed E-state index contributed by atoms with van der Waals surface area (Å²) < 4.78 is 5.56. The molecule has 2 aliphatic rings. The molecule has 0 aromatic heterocycles. The van der Waals surface area contributed by atoms with Gasteiger partial charge in [0.25, 0.3) is 0 Å². The number of nitrogens with one attached hydrogen (secondary N) is 1. The largest absolute Gasteiger partial charge is 0.379 e. The fourth-order valence-corrected chi connectivity index (χ4v) is 2.30. The van der Waals surface area contributed by atoms with Crippen molar-refractivity contribution in [2.75, 3.05) is 39.9 Å². The van der Waals surface area contributed by atoms with E-state index in [1.54, 1.807) is 0 Å². The fraction of sp³-hybridized carbons (Fsp3) is 0.923. The van der Waals surface area contributed by atoms with E-state index in [4.69, 9.17) is 4.74 Å². The molecule has 0 aromatic rings. The van der Waals surface area contributed by atoms with Gasteiger partial charge in [0.05, 0.1) is 12.0 Å². The highest BCUT2D eigenvalue weighted by atomic mass is 35.5. The van der Waals surface area contributed by atoms with Crippen LogP contribution in [0.3, 0.4) is 0 Å². The highest BCUT2D eigenvalue weighted by Crippen LogP contribution is 2.29. The van der Waals surface area contributed by atoms with E-state index in [1.807, 2.05) is 11.9 Å². The van der Waals surface area contributed by atoms with Crippen LogP contribution in [0.1, 0.15) is 26.2 Å². The lowest BCUT2D eigenvalue weighted by Crippen LogP contribution is -2.42. The molecule has 1 N–H and O–H groups in total. The van der Waals surface area contributed by atoms with Crippen LogP contribution >= 0.6 is 12.4 Å². The van der Waals surface area contributed by atoms with Crippen molar-refractivity contribution >= 4 is 18.3 Å². The average molecular weight is 277 g/mol. The lowest BCUT2D eigenvalue weighted by atomic mass is 9.88. The van der Waals surface area contributed by atoms with Gasteiger partial charge in [-0.05, 0) is 38.6 Å². The summed E-state index contributed by atoms with van der Waals surface area (Å²) in [5.41, 5.74) is -0.203. The molecule has 18 heavy (non-hydrogen) atoms. The SMILES string of the molecule is CN(CCOCC1CC1)C(=O)C1(C)CCNC1.Cl. The second kappa shape index (κ2) is 6.73. The van der Waals surface area contributed by atoms with Gasteiger partial charge in [0.1, 0.15) is 0 Å². The van der Waals surface area contributed by atoms with Crippen LogP contribution in [0.25, 0.3) is 0 Å². The normalized spacial score (nSPS) is 26.8. The summed E-state index contributed by atoms with van der Waals surface area (Å²) in [6.07, 6.45) is 3.58. The predicted molar refractivity (Wildman–Crippen MR) is 74.0 cm³/mol. The molecule has 1 aliphatic carbocycles. The maximum absolute atomic E-state index is 12.2. The van der Waals surface area contributed by atoms with Crippen molar-refractivity contribution in [3.8, 4) is 0 Å². The maximum atomic E-state index is 12.2. The van der Waals surface area contributed by atoms with Gasteiger partial charge < -0.3 is 15.0 Å². The Morgan fingerprint density at radius 3 is 2.78 bits per heavy atom. The van der Waals surface area contributed by atoms with Crippen LogP contribution in [0.4, 0.5) is 0 Å². The Labute approximate surface area is 116 Å². The number of amides is 1. The Hall–Kier alpha value is -0.320. The molecule has 1 unspecified atom stereocenters. The standard InChI is InChI=1S/C13H24N2O2.ClH/c1-13(5-6-14-10-13)12(16)15(2)7-8-17-9-11-3-4-11;/h11,14H,3-10H2,1-2H3;1H. The molecular formula is C13H25ClN2O2. The molecule has 1 atom stereocenters. The van der Waals surface area contributed by atoms with Crippen molar-refractivity contribution in [1.29, 1.82) is 0 Å². The van der Waals surface area contributed by atoms with Crippen molar-refractivity contribution in [2.24, 2.45) is 11.3 Å². The first-order valence-corrected chi connectivity index (χ1v) is 6.66. The molecule has 2 fully saturated rings. The van der Waals surface area contributed by atoms with Gasteiger partial charge in [-0.2, -0.15) is 0 Å². The Balaban J connectivity index is 0.00000162. The number of hydrogen-bond donors (Lipinski definition) is 1. The maximum Gasteiger partial charge on any atom is 0.229 e. The van der Waals surface area contributed by atoms with E-state index in [2.05, 4.69) is 12.2 Å². The smallest absolute Gasteiger partial charge is 0.229 e. The predicted octanol–water partition coefficient (Wildman–Crippen LogP) is 1.29. The van der Waals surface area contributed by atoms with Gasteiger partial charge in [0.15, 0.2) is 0 Å². The molecular weight excluding hydrogens is 252 g/mol. The lowest BCUT2D eigenvalue weighted by Gasteiger charge is -2.28. The van der Waals surface area contributed by atoms with Crippen LogP contribution in [0.2, 0.25) is 0 Å². The van der Waals surface area contributed by atoms with Gasteiger partial charge in [-0.15, -0.1) is 12.4 Å². The number of hydrogen-bond acceptors (Lipinski definition) is 3. The molecule has 0 radical (unpaired) electrons. The minimum absolute atomic E-state index is 0. The van der Waals surface area contributed by atoms with Crippen LogP contribution < -0.4 is 5.32 Å². The van der Waals surface area contributed by atoms with Gasteiger partial charge in [-0.25, -0.2) is 0 Å². The Morgan fingerprint density at radius 2 is 2.22 bits per heavy atom. The third-order valence-corrected chi connectivity index (χ3v) is 3.85. The zero-order valence-electron chi connectivity index (χ0n) is 11.4. The van der Waals surface area contributed by atoms with E-state index in [0.717, 1.165) is 32.0 Å². The van der Waals surface area contributed by atoms with Gasteiger partial charge >= 0.3 is 0 Å². The van der Waals surface area contributed by atoms with E-state index in [1.165, 1.54) is 12.8 Å². The third kappa shape index (κ3) is 4.11. The Bertz CT molecular complexity index is 276.